The van der Waals surface area contributed by atoms with Crippen LogP contribution in [0.1, 0.15) is 50.7 Å². The summed E-state index contributed by atoms with van der Waals surface area (Å²) in [5.74, 6) is -8.33. The van der Waals surface area contributed by atoms with E-state index in [0.717, 1.165) is 37.1 Å². The van der Waals surface area contributed by atoms with E-state index in [-0.39, 0.29) is 24.0 Å². The maximum Gasteiger partial charge on any atom is 0.131 e. The fourth-order valence-electron chi connectivity index (χ4n) is 4.63. The summed E-state index contributed by atoms with van der Waals surface area (Å²) in [4.78, 5) is 0. The lowest BCUT2D eigenvalue weighted by Crippen LogP contribution is -2.00. The average Bonchev–Trinajstić information content (AvgIpc) is 2.91. The van der Waals surface area contributed by atoms with E-state index < -0.39 is 79.9 Å². The van der Waals surface area contributed by atoms with Gasteiger partial charge in [-0.15, -0.1) is 0 Å². The molecule has 0 bridgehead atoms. The zero-order valence-corrected chi connectivity index (χ0v) is 21.9. The van der Waals surface area contributed by atoms with Gasteiger partial charge in [-0.3, -0.25) is 0 Å². The van der Waals surface area contributed by atoms with Crippen molar-refractivity contribution in [2.24, 2.45) is 0 Å². The van der Waals surface area contributed by atoms with Crippen LogP contribution in [0.25, 0.3) is 33.4 Å². The first-order valence-electron chi connectivity index (χ1n) is 13.0. The molecule has 0 unspecified atom stereocenters. The Morgan fingerprint density at radius 2 is 0.575 bits per heavy atom. The predicted octanol–water partition coefficient (Wildman–Crippen LogP) is 10.5. The van der Waals surface area contributed by atoms with Crippen molar-refractivity contribution < 1.29 is 35.1 Å². The van der Waals surface area contributed by atoms with E-state index in [1.54, 1.807) is 0 Å². The molecule has 0 aliphatic carbocycles. The molecule has 0 radical (unpaired) electrons. The highest BCUT2D eigenvalue weighted by Crippen LogP contribution is 2.37. The molecular weight excluding hydrogens is 536 g/mol. The molecule has 0 N–H and O–H groups in total. The molecule has 0 saturated carbocycles. The van der Waals surface area contributed by atoms with Gasteiger partial charge in [-0.2, -0.15) is 0 Å². The van der Waals surface area contributed by atoms with Crippen LogP contribution in [0.2, 0.25) is 0 Å². The molecule has 40 heavy (non-hydrogen) atoms. The highest BCUT2D eigenvalue weighted by Gasteiger charge is 2.22. The van der Waals surface area contributed by atoms with E-state index in [0.29, 0.717) is 37.1 Å². The van der Waals surface area contributed by atoms with Gasteiger partial charge in [-0.1, -0.05) is 26.7 Å². The number of unbranched alkanes of at least 4 members (excludes halogenated alkanes) is 2. The SMILES string of the molecule is CCCCc1cc(F)c(-c2cc(F)c(-c3cc(F)c(-c4cc(F)c(CCCC)cc4F)cc3F)cc2F)cc1F. The standard InChI is InChI=1S/C32H26F8/c1-3-5-7-17-9-27(35)19(11-25(17)33)21-13-31(39)23(15-29(21)37)24-16-30(38)22(14-32(24)40)20-12-26(34)18(8-6-4-2)10-28(20)36/h9-16H,3-8H2,1-2H3. The van der Waals surface area contributed by atoms with E-state index in [1.807, 2.05) is 13.8 Å². The number of hydrogen-bond donors (Lipinski definition) is 0. The smallest absolute Gasteiger partial charge is 0.131 e. The summed E-state index contributed by atoms with van der Waals surface area (Å²) in [5.41, 5.74) is -3.42. The highest BCUT2D eigenvalue weighted by molar-refractivity contribution is 5.75. The van der Waals surface area contributed by atoms with Crippen LogP contribution >= 0.6 is 0 Å². The average molecular weight is 563 g/mol. The van der Waals surface area contributed by atoms with Gasteiger partial charge in [0.15, 0.2) is 0 Å². The van der Waals surface area contributed by atoms with E-state index in [2.05, 4.69) is 0 Å². The van der Waals surface area contributed by atoms with E-state index in [9.17, 15) is 17.6 Å². The Labute approximate surface area is 227 Å². The Kier molecular flexibility index (Phi) is 8.96. The van der Waals surface area contributed by atoms with Crippen molar-refractivity contribution in [1.82, 2.24) is 0 Å². The zero-order valence-electron chi connectivity index (χ0n) is 21.9. The maximum absolute atomic E-state index is 15.1. The van der Waals surface area contributed by atoms with Gasteiger partial charge in [0.05, 0.1) is 0 Å². The molecule has 0 aliphatic rings. The second kappa shape index (κ2) is 12.2. The fraction of sp³-hybridized carbons (Fsp3) is 0.250. The van der Waals surface area contributed by atoms with Crippen LogP contribution in [0.3, 0.4) is 0 Å². The normalized spacial score (nSPS) is 11.3. The van der Waals surface area contributed by atoms with E-state index >= 15 is 17.6 Å². The van der Waals surface area contributed by atoms with Gasteiger partial charge in [0.1, 0.15) is 46.5 Å². The molecule has 0 spiro atoms. The fourth-order valence-corrected chi connectivity index (χ4v) is 4.63. The number of rotatable bonds is 9. The van der Waals surface area contributed by atoms with Gasteiger partial charge in [0.2, 0.25) is 0 Å². The minimum Gasteiger partial charge on any atom is -0.207 e. The zero-order chi connectivity index (χ0) is 29.1. The van der Waals surface area contributed by atoms with Crippen molar-refractivity contribution in [1.29, 1.82) is 0 Å². The second-order valence-electron chi connectivity index (χ2n) is 9.68. The van der Waals surface area contributed by atoms with Crippen molar-refractivity contribution in [3.8, 4) is 33.4 Å². The highest BCUT2D eigenvalue weighted by atomic mass is 19.2. The van der Waals surface area contributed by atoms with Crippen LogP contribution in [0, 0.1) is 46.5 Å². The van der Waals surface area contributed by atoms with Crippen LogP contribution in [-0.2, 0) is 12.8 Å². The summed E-state index contributed by atoms with van der Waals surface area (Å²) >= 11 is 0. The van der Waals surface area contributed by atoms with Crippen LogP contribution in [0.15, 0.2) is 48.5 Å². The molecule has 4 aromatic carbocycles. The molecule has 0 saturated heterocycles. The quantitative estimate of drug-likeness (QED) is 0.178. The van der Waals surface area contributed by atoms with Gasteiger partial charge in [0.25, 0.3) is 0 Å². The molecule has 0 aromatic heterocycles. The number of aryl methyl sites for hydroxylation is 2. The van der Waals surface area contributed by atoms with Crippen LogP contribution < -0.4 is 0 Å². The van der Waals surface area contributed by atoms with E-state index in [4.69, 9.17) is 0 Å². The van der Waals surface area contributed by atoms with Crippen molar-refractivity contribution >= 4 is 0 Å². The van der Waals surface area contributed by atoms with Gasteiger partial charge < -0.3 is 0 Å². The van der Waals surface area contributed by atoms with Crippen LogP contribution in [0.4, 0.5) is 35.1 Å². The van der Waals surface area contributed by atoms with E-state index in [1.165, 1.54) is 0 Å². The van der Waals surface area contributed by atoms with Gasteiger partial charge >= 0.3 is 0 Å². The van der Waals surface area contributed by atoms with Crippen molar-refractivity contribution in [2.75, 3.05) is 0 Å². The predicted molar refractivity (Wildman–Crippen MR) is 140 cm³/mol. The topological polar surface area (TPSA) is 0 Å². The van der Waals surface area contributed by atoms with Crippen molar-refractivity contribution in [2.45, 2.75) is 52.4 Å². The molecule has 0 aliphatic heterocycles. The Bertz CT molecular complexity index is 1440. The summed E-state index contributed by atoms with van der Waals surface area (Å²) in [6.45, 7) is 3.77. The van der Waals surface area contributed by atoms with Crippen LogP contribution in [-0.4, -0.2) is 0 Å². The lowest BCUT2D eigenvalue weighted by Gasteiger charge is -2.14. The molecule has 4 aromatic rings. The maximum atomic E-state index is 15.1. The third-order valence-corrected chi connectivity index (χ3v) is 6.86. The molecule has 4 rings (SSSR count). The first kappa shape index (κ1) is 29.3. The van der Waals surface area contributed by atoms with Gasteiger partial charge in [-0.25, -0.2) is 35.1 Å². The molecule has 210 valence electrons. The van der Waals surface area contributed by atoms with Crippen molar-refractivity contribution in [3.05, 3.63) is 106 Å². The molecular formula is C32H26F8. The lowest BCUT2D eigenvalue weighted by molar-refractivity contribution is 0.576. The summed E-state index contributed by atoms with van der Waals surface area (Å²) in [6, 6.07) is 5.64. The van der Waals surface area contributed by atoms with Crippen LogP contribution in [0.5, 0.6) is 0 Å². The molecule has 0 amide bonds. The third kappa shape index (κ3) is 5.91. The molecule has 0 nitrogen and oxygen atoms in total. The number of halogens is 8. The van der Waals surface area contributed by atoms with Gasteiger partial charge in [-0.05, 0) is 85.3 Å². The Morgan fingerprint density at radius 3 is 0.825 bits per heavy atom. The number of benzene rings is 4. The first-order chi connectivity index (χ1) is 19.0. The van der Waals surface area contributed by atoms with Crippen molar-refractivity contribution in [3.63, 3.8) is 0 Å². The lowest BCUT2D eigenvalue weighted by atomic mass is 9.94. The molecule has 0 heterocycles. The minimum absolute atomic E-state index is 0.102. The van der Waals surface area contributed by atoms with Gasteiger partial charge in [0, 0.05) is 33.4 Å². The summed E-state index contributed by atoms with van der Waals surface area (Å²) < 4.78 is 119. The Balaban J connectivity index is 1.73. The molecule has 0 atom stereocenters. The summed E-state index contributed by atoms with van der Waals surface area (Å²) in [6.07, 6.45) is 3.27. The third-order valence-electron chi connectivity index (χ3n) is 6.86. The monoisotopic (exact) mass is 562 g/mol. The summed E-state index contributed by atoms with van der Waals surface area (Å²) in [5, 5.41) is 0. The largest absolute Gasteiger partial charge is 0.207 e. The first-order valence-corrected chi connectivity index (χ1v) is 13.0. The number of hydrogen-bond acceptors (Lipinski definition) is 0. The molecule has 8 heteroatoms. The Morgan fingerprint density at radius 1 is 0.350 bits per heavy atom. The summed E-state index contributed by atoms with van der Waals surface area (Å²) in [7, 11) is 0. The second-order valence-corrected chi connectivity index (χ2v) is 9.68. The minimum atomic E-state index is -1.23. The Hall–Kier alpha value is -3.68. The molecule has 0 fully saturated rings.